The highest BCUT2D eigenvalue weighted by molar-refractivity contribution is 6.69. The normalized spacial score (nSPS) is 11.8. The van der Waals surface area contributed by atoms with Gasteiger partial charge >= 0.3 is 0 Å². The van der Waals surface area contributed by atoms with E-state index in [0.717, 1.165) is 16.9 Å². The smallest absolute Gasteiger partial charge is 0.149 e. The molecule has 0 aliphatic heterocycles. The van der Waals surface area contributed by atoms with Gasteiger partial charge in [-0.15, -0.1) is 0 Å². The Kier molecular flexibility index (Phi) is 4.81. The lowest BCUT2D eigenvalue weighted by Gasteiger charge is -2.09. The Balaban J connectivity index is 2.34. The Morgan fingerprint density at radius 3 is 2.43 bits per heavy atom. The summed E-state index contributed by atoms with van der Waals surface area (Å²) in [6.45, 7) is 7.55. The van der Waals surface area contributed by atoms with Crippen LogP contribution < -0.4 is 4.74 Å². The number of hydrogen-bond acceptors (Lipinski definition) is 3. The number of aliphatic imine (C=N–C) groups is 1. The number of benzene rings is 1. The summed E-state index contributed by atoms with van der Waals surface area (Å²) in [6, 6.07) is 9.83. The molecule has 0 spiro atoms. The van der Waals surface area contributed by atoms with Crippen molar-refractivity contribution in [2.45, 2.75) is 20.0 Å². The maximum Gasteiger partial charge on any atom is 0.149 e. The first-order chi connectivity index (χ1) is 10.0. The van der Waals surface area contributed by atoms with Crippen LogP contribution in [0, 0.1) is 0 Å². The van der Waals surface area contributed by atoms with Crippen molar-refractivity contribution in [1.29, 1.82) is 0 Å². The molecule has 0 atom stereocenters. The quantitative estimate of drug-likeness (QED) is 0.769. The SMILES string of the molecule is C=Nn1cc(-c2ccc(OC(C)C)cc2)cc1C(Cl)=NC. The van der Waals surface area contributed by atoms with Crippen molar-refractivity contribution in [3.8, 4) is 16.9 Å². The zero-order valence-electron chi connectivity index (χ0n) is 12.4. The summed E-state index contributed by atoms with van der Waals surface area (Å²) in [4.78, 5) is 3.97. The lowest BCUT2D eigenvalue weighted by atomic mass is 10.1. The maximum atomic E-state index is 6.08. The molecule has 2 rings (SSSR count). The number of ether oxygens (including phenoxy) is 1. The minimum absolute atomic E-state index is 0.160. The van der Waals surface area contributed by atoms with Crippen molar-refractivity contribution in [3.63, 3.8) is 0 Å². The van der Waals surface area contributed by atoms with Gasteiger partial charge in [-0.1, -0.05) is 23.7 Å². The number of rotatable bonds is 5. The highest BCUT2D eigenvalue weighted by Gasteiger charge is 2.10. The summed E-state index contributed by atoms with van der Waals surface area (Å²) in [5, 5.41) is 4.32. The van der Waals surface area contributed by atoms with Crippen LogP contribution in [0.5, 0.6) is 5.75 Å². The van der Waals surface area contributed by atoms with Gasteiger partial charge in [0.1, 0.15) is 16.6 Å². The van der Waals surface area contributed by atoms with Gasteiger partial charge in [-0.2, -0.15) is 5.10 Å². The summed E-state index contributed by atoms with van der Waals surface area (Å²) < 4.78 is 7.25. The van der Waals surface area contributed by atoms with E-state index in [-0.39, 0.29) is 6.10 Å². The summed E-state index contributed by atoms with van der Waals surface area (Å²) in [5.41, 5.74) is 2.76. The minimum atomic E-state index is 0.160. The van der Waals surface area contributed by atoms with Gasteiger partial charge in [0, 0.05) is 25.5 Å². The van der Waals surface area contributed by atoms with Crippen molar-refractivity contribution in [3.05, 3.63) is 42.2 Å². The number of halogens is 1. The molecule has 0 aliphatic carbocycles. The lowest BCUT2D eigenvalue weighted by molar-refractivity contribution is 0.242. The fraction of sp³-hybridized carbons (Fsp3) is 0.250. The Morgan fingerprint density at radius 1 is 1.24 bits per heavy atom. The number of aromatic nitrogens is 1. The predicted molar refractivity (Wildman–Crippen MR) is 88.9 cm³/mol. The van der Waals surface area contributed by atoms with Gasteiger partial charge < -0.3 is 4.74 Å². The van der Waals surface area contributed by atoms with Crippen LogP contribution in [0.15, 0.2) is 46.6 Å². The lowest BCUT2D eigenvalue weighted by Crippen LogP contribution is -2.05. The topological polar surface area (TPSA) is 38.9 Å². The fourth-order valence-electron chi connectivity index (χ4n) is 1.99. The molecule has 1 aromatic carbocycles. The van der Waals surface area contributed by atoms with E-state index in [1.807, 2.05) is 50.4 Å². The van der Waals surface area contributed by atoms with E-state index < -0.39 is 0 Å². The Bertz CT molecular complexity index is 657. The summed E-state index contributed by atoms with van der Waals surface area (Å²) in [5.74, 6) is 0.850. The molecule has 4 nitrogen and oxygen atoms in total. The molecule has 5 heteroatoms. The largest absolute Gasteiger partial charge is 0.491 e. The first-order valence-electron chi connectivity index (χ1n) is 6.64. The second kappa shape index (κ2) is 6.59. The van der Waals surface area contributed by atoms with Crippen molar-refractivity contribution in [2.24, 2.45) is 10.1 Å². The van der Waals surface area contributed by atoms with Crippen LogP contribution in [0.25, 0.3) is 11.1 Å². The van der Waals surface area contributed by atoms with Gasteiger partial charge in [0.25, 0.3) is 0 Å². The van der Waals surface area contributed by atoms with E-state index in [1.165, 1.54) is 0 Å². The molecule has 0 amide bonds. The van der Waals surface area contributed by atoms with Crippen LogP contribution >= 0.6 is 11.6 Å². The van der Waals surface area contributed by atoms with Gasteiger partial charge in [0.15, 0.2) is 0 Å². The molecule has 0 N–H and O–H groups in total. The van der Waals surface area contributed by atoms with E-state index in [4.69, 9.17) is 16.3 Å². The van der Waals surface area contributed by atoms with Crippen LogP contribution in [0.3, 0.4) is 0 Å². The molecule has 2 aromatic rings. The third kappa shape index (κ3) is 3.52. The number of nitrogens with zero attached hydrogens (tertiary/aromatic N) is 3. The van der Waals surface area contributed by atoms with Crippen LogP contribution in [0.2, 0.25) is 0 Å². The highest BCUT2D eigenvalue weighted by atomic mass is 35.5. The van der Waals surface area contributed by atoms with Gasteiger partial charge in [-0.25, -0.2) is 4.68 Å². The van der Waals surface area contributed by atoms with Gasteiger partial charge in [0.2, 0.25) is 0 Å². The Hall–Kier alpha value is -2.07. The molecule has 110 valence electrons. The first kappa shape index (κ1) is 15.3. The monoisotopic (exact) mass is 303 g/mol. The van der Waals surface area contributed by atoms with Gasteiger partial charge in [-0.3, -0.25) is 4.99 Å². The molecule has 0 saturated carbocycles. The van der Waals surface area contributed by atoms with Crippen molar-refractivity contribution >= 4 is 23.5 Å². The van der Waals surface area contributed by atoms with Gasteiger partial charge in [0.05, 0.1) is 6.10 Å². The maximum absolute atomic E-state index is 6.08. The zero-order valence-corrected chi connectivity index (χ0v) is 13.1. The summed E-state index contributed by atoms with van der Waals surface area (Å²) in [7, 11) is 1.64. The third-order valence-corrected chi connectivity index (χ3v) is 3.28. The minimum Gasteiger partial charge on any atom is -0.491 e. The van der Waals surface area contributed by atoms with E-state index in [1.54, 1.807) is 11.7 Å². The predicted octanol–water partition coefficient (Wildman–Crippen LogP) is 4.02. The molecular weight excluding hydrogens is 286 g/mol. The Labute approximate surface area is 129 Å². The molecule has 0 bridgehead atoms. The molecule has 0 saturated heterocycles. The molecule has 0 fully saturated rings. The molecule has 0 radical (unpaired) electrons. The van der Waals surface area contributed by atoms with Crippen molar-refractivity contribution in [2.75, 3.05) is 7.05 Å². The molecular formula is C16H18ClN3O. The molecule has 0 unspecified atom stereocenters. The fourth-order valence-corrected chi connectivity index (χ4v) is 2.13. The number of hydrogen-bond donors (Lipinski definition) is 0. The molecule has 21 heavy (non-hydrogen) atoms. The van der Waals surface area contributed by atoms with Crippen molar-refractivity contribution in [1.82, 2.24) is 4.68 Å². The van der Waals surface area contributed by atoms with E-state index >= 15 is 0 Å². The summed E-state index contributed by atoms with van der Waals surface area (Å²) >= 11 is 6.08. The second-order valence-electron chi connectivity index (χ2n) is 4.81. The van der Waals surface area contributed by atoms with E-state index in [0.29, 0.717) is 10.9 Å². The first-order valence-corrected chi connectivity index (χ1v) is 7.02. The molecule has 0 aliphatic rings. The highest BCUT2D eigenvalue weighted by Crippen LogP contribution is 2.26. The third-order valence-electron chi connectivity index (χ3n) is 2.92. The van der Waals surface area contributed by atoms with Gasteiger partial charge in [-0.05, 0) is 37.6 Å². The average Bonchev–Trinajstić information content (AvgIpc) is 2.91. The van der Waals surface area contributed by atoms with Crippen LogP contribution in [0.1, 0.15) is 19.5 Å². The van der Waals surface area contributed by atoms with Crippen LogP contribution in [-0.2, 0) is 0 Å². The van der Waals surface area contributed by atoms with Crippen molar-refractivity contribution < 1.29 is 4.74 Å². The standard InChI is InChI=1S/C16H18ClN3O/c1-11(2)21-14-7-5-12(6-8-14)13-9-15(16(17)18-3)20(10-13)19-4/h5-11H,4H2,1-3H3. The zero-order chi connectivity index (χ0) is 15.4. The second-order valence-corrected chi connectivity index (χ2v) is 5.16. The van der Waals surface area contributed by atoms with Crippen LogP contribution in [-0.4, -0.2) is 29.7 Å². The van der Waals surface area contributed by atoms with Crippen LogP contribution in [0.4, 0.5) is 0 Å². The van der Waals surface area contributed by atoms with E-state index in [2.05, 4.69) is 16.8 Å². The summed E-state index contributed by atoms with van der Waals surface area (Å²) in [6.07, 6.45) is 2.03. The Morgan fingerprint density at radius 2 is 1.90 bits per heavy atom. The molecule has 1 aromatic heterocycles. The average molecular weight is 304 g/mol. The van der Waals surface area contributed by atoms with E-state index in [9.17, 15) is 0 Å². The molecule has 1 heterocycles.